The fraction of sp³-hybridized carbons (Fsp3) is 0.417. The third-order valence-electron chi connectivity index (χ3n) is 2.17. The highest BCUT2D eigenvalue weighted by Gasteiger charge is 2.09. The number of halogens is 1. The fourth-order valence-corrected chi connectivity index (χ4v) is 1.83. The van der Waals surface area contributed by atoms with Gasteiger partial charge in [0.2, 0.25) is 0 Å². The molecule has 0 saturated heterocycles. The molecule has 1 aromatic carbocycles. The van der Waals surface area contributed by atoms with Gasteiger partial charge in [-0.25, -0.2) is 0 Å². The van der Waals surface area contributed by atoms with Crippen molar-refractivity contribution in [2.75, 3.05) is 13.7 Å². The first-order valence-electron chi connectivity index (χ1n) is 4.93. The molecule has 0 radical (unpaired) electrons. The van der Waals surface area contributed by atoms with Gasteiger partial charge in [0.05, 0.1) is 0 Å². The molecule has 0 bridgehead atoms. The zero-order valence-electron chi connectivity index (χ0n) is 9.05. The molecule has 15 heavy (non-hydrogen) atoms. The topological polar surface area (TPSA) is 26.3 Å². The molecule has 1 aromatic rings. The molecule has 82 valence electrons. The highest BCUT2D eigenvalue weighted by atomic mass is 79.9. The number of hydrogen-bond donors (Lipinski definition) is 0. The van der Waals surface area contributed by atoms with Crippen LogP contribution in [0.25, 0.3) is 0 Å². The van der Waals surface area contributed by atoms with Crippen molar-refractivity contribution in [3.8, 4) is 0 Å². The number of carbonyl (C=O) groups is 1. The van der Waals surface area contributed by atoms with Crippen molar-refractivity contribution in [2.24, 2.45) is 0 Å². The van der Waals surface area contributed by atoms with Gasteiger partial charge in [-0.05, 0) is 25.5 Å². The predicted molar refractivity (Wildman–Crippen MR) is 64.3 cm³/mol. The van der Waals surface area contributed by atoms with Gasteiger partial charge in [-0.1, -0.05) is 27.6 Å². The normalized spacial score (nSPS) is 10.3. The first kappa shape index (κ1) is 12.4. The van der Waals surface area contributed by atoms with E-state index in [0.29, 0.717) is 13.0 Å². The van der Waals surface area contributed by atoms with Crippen molar-refractivity contribution in [1.29, 1.82) is 0 Å². The largest absolute Gasteiger partial charge is 0.385 e. The molecular formula is C12H15BrO2. The standard InChI is InChI=1S/C12H15BrO2/c1-9-5-6-11(13)10(8-9)12(14)4-3-7-15-2/h5-6,8H,3-4,7H2,1-2H3. The van der Waals surface area contributed by atoms with Crippen molar-refractivity contribution in [1.82, 2.24) is 0 Å². The van der Waals surface area contributed by atoms with Crippen LogP contribution in [0.5, 0.6) is 0 Å². The van der Waals surface area contributed by atoms with E-state index in [1.54, 1.807) is 7.11 Å². The van der Waals surface area contributed by atoms with Crippen molar-refractivity contribution >= 4 is 21.7 Å². The van der Waals surface area contributed by atoms with E-state index in [-0.39, 0.29) is 5.78 Å². The smallest absolute Gasteiger partial charge is 0.164 e. The van der Waals surface area contributed by atoms with E-state index in [0.717, 1.165) is 22.0 Å². The Labute approximate surface area is 98.8 Å². The van der Waals surface area contributed by atoms with Crippen molar-refractivity contribution in [2.45, 2.75) is 19.8 Å². The average molecular weight is 271 g/mol. The number of aryl methyl sites for hydroxylation is 1. The summed E-state index contributed by atoms with van der Waals surface area (Å²) in [5.74, 6) is 0.169. The summed E-state index contributed by atoms with van der Waals surface area (Å²) in [5, 5.41) is 0. The van der Waals surface area contributed by atoms with Crippen LogP contribution < -0.4 is 0 Å². The number of ether oxygens (including phenoxy) is 1. The Morgan fingerprint density at radius 1 is 1.47 bits per heavy atom. The average Bonchev–Trinajstić information content (AvgIpc) is 2.22. The molecule has 0 saturated carbocycles. The van der Waals surface area contributed by atoms with Gasteiger partial charge in [0.1, 0.15) is 0 Å². The summed E-state index contributed by atoms with van der Waals surface area (Å²) in [6.07, 6.45) is 1.31. The second kappa shape index (κ2) is 6.03. The second-order valence-electron chi connectivity index (χ2n) is 3.50. The molecule has 0 N–H and O–H groups in total. The maximum atomic E-state index is 11.8. The third kappa shape index (κ3) is 3.76. The van der Waals surface area contributed by atoms with Crippen molar-refractivity contribution in [3.05, 3.63) is 33.8 Å². The second-order valence-corrected chi connectivity index (χ2v) is 4.36. The van der Waals surface area contributed by atoms with E-state index in [1.807, 2.05) is 25.1 Å². The maximum Gasteiger partial charge on any atom is 0.164 e. The molecule has 3 heteroatoms. The van der Waals surface area contributed by atoms with Crippen LogP contribution in [0, 0.1) is 6.92 Å². The summed E-state index contributed by atoms with van der Waals surface area (Å²) in [5.41, 5.74) is 1.87. The minimum atomic E-state index is 0.169. The van der Waals surface area contributed by atoms with Gasteiger partial charge in [0.25, 0.3) is 0 Å². The first-order chi connectivity index (χ1) is 7.15. The summed E-state index contributed by atoms with van der Waals surface area (Å²) >= 11 is 3.39. The van der Waals surface area contributed by atoms with Gasteiger partial charge in [-0.15, -0.1) is 0 Å². The number of carbonyl (C=O) groups excluding carboxylic acids is 1. The van der Waals surface area contributed by atoms with Crippen LogP contribution in [0.1, 0.15) is 28.8 Å². The van der Waals surface area contributed by atoms with Gasteiger partial charge in [-0.2, -0.15) is 0 Å². The summed E-state index contributed by atoms with van der Waals surface area (Å²) in [7, 11) is 1.65. The Bertz CT molecular complexity index is 347. The Morgan fingerprint density at radius 3 is 2.87 bits per heavy atom. The van der Waals surface area contributed by atoms with Gasteiger partial charge in [0, 0.05) is 30.2 Å². The zero-order valence-corrected chi connectivity index (χ0v) is 10.6. The van der Waals surface area contributed by atoms with E-state index < -0.39 is 0 Å². The molecule has 0 aromatic heterocycles. The number of hydrogen-bond acceptors (Lipinski definition) is 2. The van der Waals surface area contributed by atoms with E-state index in [4.69, 9.17) is 4.74 Å². The summed E-state index contributed by atoms with van der Waals surface area (Å²) < 4.78 is 5.79. The number of rotatable bonds is 5. The maximum absolute atomic E-state index is 11.8. The molecule has 2 nitrogen and oxygen atoms in total. The molecule has 0 fully saturated rings. The van der Waals surface area contributed by atoms with Crippen LogP contribution in [0.2, 0.25) is 0 Å². The van der Waals surface area contributed by atoms with E-state index in [9.17, 15) is 4.79 Å². The third-order valence-corrected chi connectivity index (χ3v) is 2.87. The van der Waals surface area contributed by atoms with Crippen LogP contribution in [0.15, 0.2) is 22.7 Å². The molecular weight excluding hydrogens is 256 g/mol. The molecule has 0 unspecified atom stereocenters. The Kier molecular flexibility index (Phi) is 4.99. The van der Waals surface area contributed by atoms with Crippen LogP contribution in [-0.2, 0) is 4.74 Å². The Hall–Kier alpha value is -0.670. The lowest BCUT2D eigenvalue weighted by molar-refractivity contribution is 0.0962. The molecule has 0 heterocycles. The molecule has 1 rings (SSSR count). The quantitative estimate of drug-likeness (QED) is 0.606. The Morgan fingerprint density at radius 2 is 2.20 bits per heavy atom. The first-order valence-corrected chi connectivity index (χ1v) is 5.72. The van der Waals surface area contributed by atoms with E-state index >= 15 is 0 Å². The van der Waals surface area contributed by atoms with Gasteiger partial charge >= 0.3 is 0 Å². The van der Waals surface area contributed by atoms with Gasteiger partial charge < -0.3 is 4.74 Å². The van der Waals surface area contributed by atoms with Crippen LogP contribution in [0.4, 0.5) is 0 Å². The van der Waals surface area contributed by atoms with Gasteiger partial charge in [-0.3, -0.25) is 4.79 Å². The van der Waals surface area contributed by atoms with E-state index in [2.05, 4.69) is 15.9 Å². The van der Waals surface area contributed by atoms with Crippen molar-refractivity contribution in [3.63, 3.8) is 0 Å². The number of Topliss-reactive ketones (excluding diaryl/α,β-unsaturated/α-hetero) is 1. The minimum absolute atomic E-state index is 0.169. The number of ketones is 1. The predicted octanol–water partition coefficient (Wildman–Crippen LogP) is 3.37. The SMILES string of the molecule is COCCCC(=O)c1cc(C)ccc1Br. The number of methoxy groups -OCH3 is 1. The molecule has 0 aliphatic heterocycles. The monoisotopic (exact) mass is 270 g/mol. The van der Waals surface area contributed by atoms with Crippen LogP contribution in [0.3, 0.4) is 0 Å². The lowest BCUT2D eigenvalue weighted by Crippen LogP contribution is -2.02. The molecule has 0 aliphatic rings. The fourth-order valence-electron chi connectivity index (χ4n) is 1.36. The Balaban J connectivity index is 2.68. The molecule has 0 atom stereocenters. The van der Waals surface area contributed by atoms with Gasteiger partial charge in [0.15, 0.2) is 5.78 Å². The van der Waals surface area contributed by atoms with Crippen LogP contribution in [-0.4, -0.2) is 19.5 Å². The molecule has 0 spiro atoms. The molecule has 0 aliphatic carbocycles. The van der Waals surface area contributed by atoms with Crippen LogP contribution >= 0.6 is 15.9 Å². The molecule has 0 amide bonds. The minimum Gasteiger partial charge on any atom is -0.385 e. The highest BCUT2D eigenvalue weighted by molar-refractivity contribution is 9.10. The van der Waals surface area contributed by atoms with E-state index in [1.165, 1.54) is 0 Å². The lowest BCUT2D eigenvalue weighted by Gasteiger charge is -2.04. The van der Waals surface area contributed by atoms with Crippen molar-refractivity contribution < 1.29 is 9.53 Å². The zero-order chi connectivity index (χ0) is 11.3. The number of benzene rings is 1. The lowest BCUT2D eigenvalue weighted by atomic mass is 10.0. The summed E-state index contributed by atoms with van der Waals surface area (Å²) in [6.45, 7) is 2.62. The summed E-state index contributed by atoms with van der Waals surface area (Å²) in [4.78, 5) is 11.8. The summed E-state index contributed by atoms with van der Waals surface area (Å²) in [6, 6.07) is 5.81. The highest BCUT2D eigenvalue weighted by Crippen LogP contribution is 2.20.